The minimum absolute atomic E-state index is 0.0792. The van der Waals surface area contributed by atoms with Crippen LogP contribution in [0.1, 0.15) is 24.3 Å². The summed E-state index contributed by atoms with van der Waals surface area (Å²) in [6.07, 6.45) is 5.16. The van der Waals surface area contributed by atoms with Crippen LogP contribution in [0.5, 0.6) is 0 Å². The Morgan fingerprint density at radius 3 is 3.06 bits per heavy atom. The molecular formula is C12H15N3O2. The van der Waals surface area contributed by atoms with E-state index < -0.39 is 0 Å². The predicted octanol–water partition coefficient (Wildman–Crippen LogP) is 1.66. The molecule has 2 aromatic rings. The number of carbonyl (C=O) groups excluding carboxylic acids is 1. The lowest BCUT2D eigenvalue weighted by molar-refractivity contribution is -0.124. The Hall–Kier alpha value is -2.04. The molecule has 0 aliphatic carbocycles. The Bertz CT molecular complexity index is 488. The van der Waals surface area contributed by atoms with Crippen LogP contribution in [-0.4, -0.2) is 15.7 Å². The van der Waals surface area contributed by atoms with Gasteiger partial charge in [-0.2, -0.15) is 5.10 Å². The fourth-order valence-corrected chi connectivity index (χ4v) is 1.50. The molecule has 0 aliphatic rings. The summed E-state index contributed by atoms with van der Waals surface area (Å²) in [7, 11) is 0. The smallest absolute Gasteiger partial charge is 0.244 e. The van der Waals surface area contributed by atoms with Crippen molar-refractivity contribution in [3.05, 3.63) is 42.1 Å². The molecule has 1 unspecified atom stereocenters. The van der Waals surface area contributed by atoms with Gasteiger partial charge in [-0.05, 0) is 31.5 Å². The molecule has 0 saturated heterocycles. The average molecular weight is 233 g/mol. The molecule has 5 heteroatoms. The largest absolute Gasteiger partial charge is 0.467 e. The van der Waals surface area contributed by atoms with E-state index in [2.05, 4.69) is 10.4 Å². The molecule has 2 rings (SSSR count). The Kier molecular flexibility index (Phi) is 3.27. The Morgan fingerprint density at radius 1 is 1.65 bits per heavy atom. The van der Waals surface area contributed by atoms with Crippen LogP contribution < -0.4 is 5.32 Å². The second kappa shape index (κ2) is 4.86. The Labute approximate surface area is 99.4 Å². The van der Waals surface area contributed by atoms with E-state index in [-0.39, 0.29) is 11.9 Å². The van der Waals surface area contributed by atoms with Gasteiger partial charge in [-0.25, -0.2) is 0 Å². The molecule has 0 aliphatic heterocycles. The third-order valence-electron chi connectivity index (χ3n) is 2.52. The van der Waals surface area contributed by atoms with Gasteiger partial charge >= 0.3 is 0 Å². The van der Waals surface area contributed by atoms with Gasteiger partial charge in [-0.1, -0.05) is 0 Å². The molecule has 2 aromatic heterocycles. The first-order valence-corrected chi connectivity index (χ1v) is 5.47. The van der Waals surface area contributed by atoms with E-state index in [0.29, 0.717) is 6.54 Å². The number of hydrogen-bond donors (Lipinski definition) is 1. The van der Waals surface area contributed by atoms with Crippen molar-refractivity contribution in [3.8, 4) is 0 Å². The van der Waals surface area contributed by atoms with Gasteiger partial charge in [0.1, 0.15) is 11.8 Å². The molecule has 0 bridgehead atoms. The number of rotatable bonds is 4. The molecule has 0 radical (unpaired) electrons. The van der Waals surface area contributed by atoms with Crippen LogP contribution in [0.15, 0.2) is 35.2 Å². The number of carbonyl (C=O) groups is 1. The number of furan rings is 1. The van der Waals surface area contributed by atoms with E-state index in [4.69, 9.17) is 4.42 Å². The van der Waals surface area contributed by atoms with Crippen LogP contribution in [-0.2, 0) is 11.3 Å². The van der Waals surface area contributed by atoms with Crippen LogP contribution in [0.25, 0.3) is 0 Å². The lowest BCUT2D eigenvalue weighted by Gasteiger charge is -2.11. The van der Waals surface area contributed by atoms with Crippen molar-refractivity contribution in [2.24, 2.45) is 0 Å². The summed E-state index contributed by atoms with van der Waals surface area (Å²) in [6, 6.07) is 3.30. The highest BCUT2D eigenvalue weighted by molar-refractivity contribution is 5.79. The standard InChI is InChI=1S/C12H15N3O2/c1-9-6-14-15(8-9)10(2)12(16)13-7-11-4-3-5-17-11/h3-6,8,10H,7H2,1-2H3,(H,13,16). The van der Waals surface area contributed by atoms with Gasteiger partial charge in [0.25, 0.3) is 0 Å². The quantitative estimate of drug-likeness (QED) is 0.873. The van der Waals surface area contributed by atoms with Crippen molar-refractivity contribution in [1.29, 1.82) is 0 Å². The molecule has 0 saturated carbocycles. The maximum absolute atomic E-state index is 11.8. The van der Waals surface area contributed by atoms with E-state index in [1.807, 2.05) is 26.1 Å². The van der Waals surface area contributed by atoms with Crippen LogP contribution in [0.2, 0.25) is 0 Å². The SMILES string of the molecule is Cc1cnn(C(C)C(=O)NCc2ccco2)c1. The van der Waals surface area contributed by atoms with Crippen LogP contribution in [0.3, 0.4) is 0 Å². The van der Waals surface area contributed by atoms with Crippen LogP contribution >= 0.6 is 0 Å². The molecule has 1 amide bonds. The van der Waals surface area contributed by atoms with Gasteiger partial charge in [0.05, 0.1) is 19.0 Å². The van der Waals surface area contributed by atoms with Crippen LogP contribution in [0.4, 0.5) is 0 Å². The molecule has 90 valence electrons. The average Bonchev–Trinajstić information content (AvgIpc) is 2.95. The fourth-order valence-electron chi connectivity index (χ4n) is 1.50. The van der Waals surface area contributed by atoms with Gasteiger partial charge < -0.3 is 9.73 Å². The number of nitrogens with one attached hydrogen (secondary N) is 1. The summed E-state index contributed by atoms with van der Waals surface area (Å²) in [5.74, 6) is 0.659. The first-order valence-electron chi connectivity index (χ1n) is 5.47. The molecular weight excluding hydrogens is 218 g/mol. The molecule has 17 heavy (non-hydrogen) atoms. The Morgan fingerprint density at radius 2 is 2.47 bits per heavy atom. The molecule has 0 spiro atoms. The third kappa shape index (κ3) is 2.75. The van der Waals surface area contributed by atoms with Gasteiger partial charge in [0.2, 0.25) is 5.91 Å². The summed E-state index contributed by atoms with van der Waals surface area (Å²) >= 11 is 0. The lowest BCUT2D eigenvalue weighted by atomic mass is 10.3. The third-order valence-corrected chi connectivity index (χ3v) is 2.52. The second-order valence-electron chi connectivity index (χ2n) is 3.97. The van der Waals surface area contributed by atoms with Crippen molar-refractivity contribution in [2.75, 3.05) is 0 Å². The predicted molar refractivity (Wildman–Crippen MR) is 62.2 cm³/mol. The van der Waals surface area contributed by atoms with Crippen molar-refractivity contribution in [1.82, 2.24) is 15.1 Å². The molecule has 2 heterocycles. The number of hydrogen-bond acceptors (Lipinski definition) is 3. The summed E-state index contributed by atoms with van der Waals surface area (Å²) < 4.78 is 6.78. The van der Waals surface area contributed by atoms with Crippen molar-refractivity contribution >= 4 is 5.91 Å². The molecule has 0 aromatic carbocycles. The normalized spacial score (nSPS) is 12.4. The maximum Gasteiger partial charge on any atom is 0.244 e. The zero-order valence-corrected chi connectivity index (χ0v) is 9.88. The summed E-state index contributed by atoms with van der Waals surface area (Å²) in [5.41, 5.74) is 1.04. The molecule has 0 fully saturated rings. The van der Waals surface area contributed by atoms with Crippen molar-refractivity contribution < 1.29 is 9.21 Å². The van der Waals surface area contributed by atoms with E-state index >= 15 is 0 Å². The molecule has 1 atom stereocenters. The number of aryl methyl sites for hydroxylation is 1. The highest BCUT2D eigenvalue weighted by atomic mass is 16.3. The van der Waals surface area contributed by atoms with Crippen molar-refractivity contribution in [3.63, 3.8) is 0 Å². The minimum Gasteiger partial charge on any atom is -0.467 e. The first kappa shape index (κ1) is 11.4. The topological polar surface area (TPSA) is 60.1 Å². The lowest BCUT2D eigenvalue weighted by Crippen LogP contribution is -2.30. The van der Waals surface area contributed by atoms with E-state index in [1.165, 1.54) is 0 Å². The maximum atomic E-state index is 11.8. The number of nitrogens with zero attached hydrogens (tertiary/aromatic N) is 2. The van der Waals surface area contributed by atoms with E-state index in [9.17, 15) is 4.79 Å². The fraction of sp³-hybridized carbons (Fsp3) is 0.333. The van der Waals surface area contributed by atoms with E-state index in [1.54, 1.807) is 23.2 Å². The van der Waals surface area contributed by atoms with Gasteiger partial charge in [-0.15, -0.1) is 0 Å². The van der Waals surface area contributed by atoms with Crippen LogP contribution in [0, 0.1) is 6.92 Å². The molecule has 1 N–H and O–H groups in total. The monoisotopic (exact) mass is 233 g/mol. The summed E-state index contributed by atoms with van der Waals surface area (Å²) in [5, 5.41) is 6.91. The zero-order chi connectivity index (χ0) is 12.3. The second-order valence-corrected chi connectivity index (χ2v) is 3.97. The summed E-state index contributed by atoms with van der Waals surface area (Å²) in [6.45, 7) is 4.15. The van der Waals surface area contributed by atoms with E-state index in [0.717, 1.165) is 11.3 Å². The van der Waals surface area contributed by atoms with Gasteiger partial charge in [-0.3, -0.25) is 9.48 Å². The van der Waals surface area contributed by atoms with Crippen molar-refractivity contribution in [2.45, 2.75) is 26.4 Å². The van der Waals surface area contributed by atoms with Gasteiger partial charge in [0, 0.05) is 6.20 Å². The highest BCUT2D eigenvalue weighted by Crippen LogP contribution is 2.07. The minimum atomic E-state index is -0.321. The van der Waals surface area contributed by atoms with Gasteiger partial charge in [0.15, 0.2) is 0 Å². The summed E-state index contributed by atoms with van der Waals surface area (Å²) in [4.78, 5) is 11.8. The number of amides is 1. The number of aromatic nitrogens is 2. The molecule has 5 nitrogen and oxygen atoms in total. The highest BCUT2D eigenvalue weighted by Gasteiger charge is 2.15. The first-order chi connectivity index (χ1) is 8.16. The Balaban J connectivity index is 1.91. The zero-order valence-electron chi connectivity index (χ0n) is 9.88.